The minimum atomic E-state index is -0.644. The number of rotatable bonds is 4. The first-order chi connectivity index (χ1) is 6.65. The lowest BCUT2D eigenvalue weighted by Gasteiger charge is -2.01. The van der Waals surface area contributed by atoms with Crippen LogP contribution >= 0.6 is 11.6 Å². The Hall–Kier alpha value is -1.69. The molecule has 1 heterocycles. The second-order valence-corrected chi connectivity index (χ2v) is 2.52. The van der Waals surface area contributed by atoms with Gasteiger partial charge in [-0.05, 0) is 11.6 Å². The molecule has 0 N–H and O–H groups in total. The Balaban J connectivity index is 3.02. The number of halogens is 1. The average Bonchev–Trinajstić information content (AvgIpc) is 2.14. The van der Waals surface area contributed by atoms with E-state index >= 15 is 0 Å². The molecule has 0 aliphatic heterocycles. The van der Waals surface area contributed by atoms with Gasteiger partial charge in [0, 0.05) is 0 Å². The Morgan fingerprint density at radius 2 is 2.50 bits per heavy atom. The van der Waals surface area contributed by atoms with Crippen LogP contribution in [0.5, 0.6) is 5.88 Å². The standard InChI is InChI=1S/C7H6ClN3O3/c1-2-3-14-6-5(11(12)13)4-9-7(8)10-6/h2,4H,1,3H2. The quantitative estimate of drug-likeness (QED) is 0.330. The van der Waals surface area contributed by atoms with E-state index in [1.807, 2.05) is 0 Å². The van der Waals surface area contributed by atoms with Crippen LogP contribution in [0.25, 0.3) is 0 Å². The zero-order chi connectivity index (χ0) is 10.6. The molecule has 1 rings (SSSR count). The third-order valence-electron chi connectivity index (χ3n) is 1.24. The van der Waals surface area contributed by atoms with Gasteiger partial charge in [-0.15, -0.1) is 0 Å². The molecule has 14 heavy (non-hydrogen) atoms. The largest absolute Gasteiger partial charge is 0.468 e. The highest BCUT2D eigenvalue weighted by atomic mass is 35.5. The van der Waals surface area contributed by atoms with E-state index < -0.39 is 4.92 Å². The van der Waals surface area contributed by atoms with E-state index in [4.69, 9.17) is 16.3 Å². The van der Waals surface area contributed by atoms with E-state index in [-0.39, 0.29) is 23.5 Å². The van der Waals surface area contributed by atoms with Crippen LogP contribution in [0, 0.1) is 10.1 Å². The molecule has 0 aromatic carbocycles. The van der Waals surface area contributed by atoms with Gasteiger partial charge < -0.3 is 4.74 Å². The van der Waals surface area contributed by atoms with Crippen LogP contribution in [0.1, 0.15) is 0 Å². The molecule has 0 aliphatic carbocycles. The Morgan fingerprint density at radius 1 is 1.79 bits per heavy atom. The number of hydrogen-bond acceptors (Lipinski definition) is 5. The molecule has 0 bridgehead atoms. The summed E-state index contributed by atoms with van der Waals surface area (Å²) in [6.07, 6.45) is 2.44. The molecule has 7 heteroatoms. The SMILES string of the molecule is C=CCOc1nc(Cl)ncc1[N+](=O)[O-]. The third kappa shape index (κ3) is 2.40. The maximum atomic E-state index is 10.5. The number of ether oxygens (including phenoxy) is 1. The summed E-state index contributed by atoms with van der Waals surface area (Å²) in [7, 11) is 0. The number of aromatic nitrogens is 2. The first-order valence-corrected chi connectivity index (χ1v) is 3.93. The van der Waals surface area contributed by atoms with Gasteiger partial charge in [0.05, 0.1) is 4.92 Å². The van der Waals surface area contributed by atoms with E-state index in [1.165, 1.54) is 6.08 Å². The van der Waals surface area contributed by atoms with Crippen molar-refractivity contribution in [2.24, 2.45) is 0 Å². The molecular weight excluding hydrogens is 210 g/mol. The molecule has 74 valence electrons. The fourth-order valence-corrected chi connectivity index (χ4v) is 0.834. The smallest absolute Gasteiger partial charge is 0.349 e. The predicted molar refractivity (Wildman–Crippen MR) is 49.4 cm³/mol. The second-order valence-electron chi connectivity index (χ2n) is 2.19. The lowest BCUT2D eigenvalue weighted by Crippen LogP contribution is -2.01. The van der Waals surface area contributed by atoms with E-state index in [9.17, 15) is 10.1 Å². The van der Waals surface area contributed by atoms with Crippen molar-refractivity contribution in [3.63, 3.8) is 0 Å². The van der Waals surface area contributed by atoms with Crippen molar-refractivity contribution in [2.75, 3.05) is 6.61 Å². The zero-order valence-electron chi connectivity index (χ0n) is 7.01. The van der Waals surface area contributed by atoms with E-state index in [0.717, 1.165) is 6.20 Å². The van der Waals surface area contributed by atoms with Crippen molar-refractivity contribution in [1.29, 1.82) is 0 Å². The molecule has 0 atom stereocenters. The lowest BCUT2D eigenvalue weighted by molar-refractivity contribution is -0.386. The summed E-state index contributed by atoms with van der Waals surface area (Å²) < 4.78 is 4.93. The topological polar surface area (TPSA) is 78.2 Å². The van der Waals surface area contributed by atoms with Gasteiger partial charge in [-0.25, -0.2) is 4.98 Å². The summed E-state index contributed by atoms with van der Waals surface area (Å²) in [4.78, 5) is 16.9. The van der Waals surface area contributed by atoms with Crippen LogP contribution in [0.2, 0.25) is 5.28 Å². The van der Waals surface area contributed by atoms with Gasteiger partial charge in [0.2, 0.25) is 5.28 Å². The van der Waals surface area contributed by atoms with Crippen molar-refractivity contribution in [3.8, 4) is 5.88 Å². The summed E-state index contributed by atoms with van der Waals surface area (Å²) in [6, 6.07) is 0. The maximum absolute atomic E-state index is 10.5. The van der Waals surface area contributed by atoms with Crippen LogP contribution in [-0.4, -0.2) is 21.5 Å². The maximum Gasteiger partial charge on any atom is 0.349 e. The summed E-state index contributed by atoms with van der Waals surface area (Å²) in [6.45, 7) is 3.52. The van der Waals surface area contributed by atoms with Crippen molar-refractivity contribution in [1.82, 2.24) is 9.97 Å². The summed E-state index contributed by atoms with van der Waals surface area (Å²) in [5, 5.41) is 10.4. The van der Waals surface area contributed by atoms with Crippen molar-refractivity contribution < 1.29 is 9.66 Å². The van der Waals surface area contributed by atoms with Crippen LogP contribution in [-0.2, 0) is 0 Å². The molecule has 0 amide bonds. The van der Waals surface area contributed by atoms with Gasteiger partial charge >= 0.3 is 5.69 Å². The number of nitro groups is 1. The minimum absolute atomic E-state index is 0.102. The molecule has 6 nitrogen and oxygen atoms in total. The summed E-state index contributed by atoms with van der Waals surface area (Å²) >= 11 is 5.45. The second kappa shape index (κ2) is 4.52. The molecule has 1 aromatic rings. The first-order valence-electron chi connectivity index (χ1n) is 3.55. The molecule has 0 fully saturated rings. The van der Waals surface area contributed by atoms with Gasteiger partial charge in [0.15, 0.2) is 0 Å². The molecule has 0 radical (unpaired) electrons. The number of hydrogen-bond donors (Lipinski definition) is 0. The van der Waals surface area contributed by atoms with Crippen LogP contribution in [0.3, 0.4) is 0 Å². The van der Waals surface area contributed by atoms with Crippen LogP contribution < -0.4 is 4.74 Å². The van der Waals surface area contributed by atoms with Crippen LogP contribution in [0.4, 0.5) is 5.69 Å². The molecule has 0 saturated heterocycles. The average molecular weight is 216 g/mol. The van der Waals surface area contributed by atoms with Gasteiger partial charge in [0.1, 0.15) is 12.8 Å². The Kier molecular flexibility index (Phi) is 3.35. The highest BCUT2D eigenvalue weighted by molar-refractivity contribution is 6.28. The minimum Gasteiger partial charge on any atom is -0.468 e. The molecule has 0 unspecified atom stereocenters. The molecule has 0 spiro atoms. The monoisotopic (exact) mass is 215 g/mol. The van der Waals surface area contributed by atoms with Crippen LogP contribution in [0.15, 0.2) is 18.9 Å². The fraction of sp³-hybridized carbons (Fsp3) is 0.143. The summed E-state index contributed by atoms with van der Waals surface area (Å²) in [5.41, 5.74) is -0.323. The van der Waals surface area contributed by atoms with Gasteiger partial charge in [0.25, 0.3) is 5.88 Å². The van der Waals surface area contributed by atoms with Crippen molar-refractivity contribution in [3.05, 3.63) is 34.2 Å². The Bertz CT molecular complexity index is 369. The van der Waals surface area contributed by atoms with Gasteiger partial charge in [-0.2, -0.15) is 4.98 Å². The summed E-state index contributed by atoms with van der Waals surface area (Å²) in [5.74, 6) is -0.157. The highest BCUT2D eigenvalue weighted by Crippen LogP contribution is 2.24. The molecule has 1 aromatic heterocycles. The van der Waals surface area contributed by atoms with E-state index in [1.54, 1.807) is 0 Å². The normalized spacial score (nSPS) is 9.50. The van der Waals surface area contributed by atoms with E-state index in [0.29, 0.717) is 0 Å². The van der Waals surface area contributed by atoms with E-state index in [2.05, 4.69) is 16.5 Å². The van der Waals surface area contributed by atoms with Gasteiger partial charge in [-0.1, -0.05) is 12.7 Å². The molecular formula is C7H6ClN3O3. The Morgan fingerprint density at radius 3 is 3.07 bits per heavy atom. The fourth-order valence-electron chi connectivity index (χ4n) is 0.709. The lowest BCUT2D eigenvalue weighted by atomic mass is 10.5. The van der Waals surface area contributed by atoms with Crippen molar-refractivity contribution >= 4 is 17.3 Å². The number of nitrogens with zero attached hydrogens (tertiary/aromatic N) is 3. The molecule has 0 aliphatic rings. The Labute approximate surface area is 84.3 Å². The molecule has 0 saturated carbocycles. The highest BCUT2D eigenvalue weighted by Gasteiger charge is 2.17. The zero-order valence-corrected chi connectivity index (χ0v) is 7.77. The first kappa shape index (κ1) is 10.4. The third-order valence-corrected chi connectivity index (χ3v) is 1.42. The van der Waals surface area contributed by atoms with Gasteiger partial charge in [-0.3, -0.25) is 10.1 Å². The predicted octanol–water partition coefficient (Wildman–Crippen LogP) is 1.60. The van der Waals surface area contributed by atoms with Crippen molar-refractivity contribution in [2.45, 2.75) is 0 Å².